The summed E-state index contributed by atoms with van der Waals surface area (Å²) in [7, 11) is 0. The zero-order valence-electron chi connectivity index (χ0n) is 11.6. The van der Waals surface area contributed by atoms with E-state index in [0.717, 1.165) is 0 Å². The van der Waals surface area contributed by atoms with Gasteiger partial charge in [-0.15, -0.1) is 0 Å². The van der Waals surface area contributed by atoms with Gasteiger partial charge in [0.25, 0.3) is 5.91 Å². The van der Waals surface area contributed by atoms with Crippen LogP contribution in [0, 0.1) is 0 Å². The Balaban J connectivity index is 2.09. The van der Waals surface area contributed by atoms with E-state index in [1.165, 1.54) is 30.7 Å². The highest BCUT2D eigenvalue weighted by atomic mass is 19.4. The molecule has 2 rings (SSSR count). The van der Waals surface area contributed by atoms with Gasteiger partial charge in [0, 0.05) is 24.6 Å². The van der Waals surface area contributed by atoms with Crippen molar-refractivity contribution in [2.75, 3.05) is 5.32 Å². The fourth-order valence-corrected chi connectivity index (χ4v) is 1.67. The van der Waals surface area contributed by atoms with Gasteiger partial charge in [-0.25, -0.2) is 4.98 Å². The smallest absolute Gasteiger partial charge is 0.344 e. The Hall–Kier alpha value is -2.97. The standard InChI is InChI=1S/C14H11F3N4O2/c15-14(16,17)13(23)20-7-9-3-1-2-4-10(9)21-12(22)11-8-18-5-6-19-11/h1-6,8H,7H2,(H,20,23)(H,21,22). The predicted molar refractivity (Wildman–Crippen MR) is 74.3 cm³/mol. The second kappa shape index (κ2) is 6.86. The minimum absolute atomic E-state index is 0.0571. The molecular formula is C14H11F3N4O2. The van der Waals surface area contributed by atoms with Crippen molar-refractivity contribution in [1.82, 2.24) is 15.3 Å². The summed E-state index contributed by atoms with van der Waals surface area (Å²) >= 11 is 0. The molecule has 0 atom stereocenters. The molecule has 23 heavy (non-hydrogen) atoms. The van der Waals surface area contributed by atoms with E-state index in [1.54, 1.807) is 17.4 Å². The molecule has 2 N–H and O–H groups in total. The largest absolute Gasteiger partial charge is 0.471 e. The number of alkyl halides is 3. The summed E-state index contributed by atoms with van der Waals surface area (Å²) in [5.41, 5.74) is 0.648. The van der Waals surface area contributed by atoms with Crippen molar-refractivity contribution in [2.24, 2.45) is 0 Å². The molecule has 9 heteroatoms. The van der Waals surface area contributed by atoms with Gasteiger partial charge in [-0.05, 0) is 11.6 Å². The topological polar surface area (TPSA) is 84.0 Å². The lowest BCUT2D eigenvalue weighted by molar-refractivity contribution is -0.173. The molecule has 1 aromatic carbocycles. The maximum Gasteiger partial charge on any atom is 0.471 e. The van der Waals surface area contributed by atoms with E-state index in [4.69, 9.17) is 0 Å². The first kappa shape index (κ1) is 16.4. The highest BCUT2D eigenvalue weighted by molar-refractivity contribution is 6.03. The van der Waals surface area contributed by atoms with Gasteiger partial charge in [0.2, 0.25) is 0 Å². The third-order valence-electron chi connectivity index (χ3n) is 2.76. The summed E-state index contributed by atoms with van der Waals surface area (Å²) < 4.78 is 36.6. The van der Waals surface area contributed by atoms with Crippen LogP contribution in [0.1, 0.15) is 16.1 Å². The first-order valence-electron chi connectivity index (χ1n) is 6.38. The van der Waals surface area contributed by atoms with Gasteiger partial charge in [-0.2, -0.15) is 13.2 Å². The van der Waals surface area contributed by atoms with Crippen LogP contribution < -0.4 is 10.6 Å². The van der Waals surface area contributed by atoms with Gasteiger partial charge >= 0.3 is 12.1 Å². The summed E-state index contributed by atoms with van der Waals surface area (Å²) in [5, 5.41) is 4.26. The molecule has 0 radical (unpaired) electrons. The molecule has 0 bridgehead atoms. The zero-order chi connectivity index (χ0) is 16.9. The number of hydrogen-bond donors (Lipinski definition) is 2. The van der Waals surface area contributed by atoms with Gasteiger partial charge < -0.3 is 10.6 Å². The Morgan fingerprint density at radius 3 is 2.52 bits per heavy atom. The van der Waals surface area contributed by atoms with E-state index in [-0.39, 0.29) is 17.9 Å². The van der Waals surface area contributed by atoms with E-state index >= 15 is 0 Å². The Kier molecular flexibility index (Phi) is 4.89. The van der Waals surface area contributed by atoms with E-state index in [9.17, 15) is 22.8 Å². The Labute approximate surface area is 128 Å². The minimum atomic E-state index is -4.96. The fourth-order valence-electron chi connectivity index (χ4n) is 1.67. The highest BCUT2D eigenvalue weighted by Crippen LogP contribution is 2.18. The number of aromatic nitrogens is 2. The molecule has 1 aromatic heterocycles. The van der Waals surface area contributed by atoms with Crippen molar-refractivity contribution in [3.8, 4) is 0 Å². The van der Waals surface area contributed by atoms with Crippen LogP contribution in [0.5, 0.6) is 0 Å². The number of carbonyl (C=O) groups is 2. The van der Waals surface area contributed by atoms with Crippen LogP contribution in [0.3, 0.4) is 0 Å². The second-order valence-corrected chi connectivity index (χ2v) is 4.38. The molecule has 0 unspecified atom stereocenters. The van der Waals surface area contributed by atoms with E-state index < -0.39 is 18.0 Å². The van der Waals surface area contributed by atoms with Gasteiger partial charge in [0.15, 0.2) is 0 Å². The van der Waals surface area contributed by atoms with Crippen molar-refractivity contribution < 1.29 is 22.8 Å². The molecular weight excluding hydrogens is 313 g/mol. The maximum atomic E-state index is 12.2. The molecule has 120 valence electrons. The molecule has 0 aliphatic rings. The molecule has 0 saturated heterocycles. The monoisotopic (exact) mass is 324 g/mol. The Morgan fingerprint density at radius 1 is 1.13 bits per heavy atom. The number of amides is 2. The quantitative estimate of drug-likeness (QED) is 0.900. The summed E-state index contributed by atoms with van der Waals surface area (Å²) in [5.74, 6) is -2.61. The lowest BCUT2D eigenvalue weighted by atomic mass is 10.1. The molecule has 2 aromatic rings. The number of para-hydroxylation sites is 1. The molecule has 0 aliphatic heterocycles. The van der Waals surface area contributed by atoms with Crippen molar-refractivity contribution in [3.05, 3.63) is 54.1 Å². The van der Waals surface area contributed by atoms with Crippen LogP contribution in [0.4, 0.5) is 18.9 Å². The average molecular weight is 324 g/mol. The number of rotatable bonds is 4. The molecule has 0 aliphatic carbocycles. The molecule has 0 fully saturated rings. The van der Waals surface area contributed by atoms with Gasteiger partial charge in [0.05, 0.1) is 6.20 Å². The second-order valence-electron chi connectivity index (χ2n) is 4.38. The van der Waals surface area contributed by atoms with Crippen molar-refractivity contribution >= 4 is 17.5 Å². The third-order valence-corrected chi connectivity index (χ3v) is 2.76. The van der Waals surface area contributed by atoms with E-state index in [0.29, 0.717) is 5.56 Å². The number of anilines is 1. The molecule has 1 heterocycles. The Bertz CT molecular complexity index is 705. The minimum Gasteiger partial charge on any atom is -0.344 e. The summed E-state index contributed by atoms with van der Waals surface area (Å²) in [6.07, 6.45) is -0.969. The molecule has 0 spiro atoms. The van der Waals surface area contributed by atoms with Crippen molar-refractivity contribution in [1.29, 1.82) is 0 Å². The third kappa shape index (κ3) is 4.50. The van der Waals surface area contributed by atoms with Crippen molar-refractivity contribution in [2.45, 2.75) is 12.7 Å². The van der Waals surface area contributed by atoms with Gasteiger partial charge in [0.1, 0.15) is 5.69 Å². The number of benzene rings is 1. The number of nitrogens with one attached hydrogen (secondary N) is 2. The number of nitrogens with zero attached hydrogens (tertiary/aromatic N) is 2. The maximum absolute atomic E-state index is 12.2. The number of carbonyl (C=O) groups excluding carboxylic acids is 2. The van der Waals surface area contributed by atoms with Crippen LogP contribution >= 0.6 is 0 Å². The lowest BCUT2D eigenvalue weighted by Crippen LogP contribution is -2.36. The number of hydrogen-bond acceptors (Lipinski definition) is 4. The highest BCUT2D eigenvalue weighted by Gasteiger charge is 2.38. The van der Waals surface area contributed by atoms with Crippen LogP contribution in [-0.4, -0.2) is 28.0 Å². The fraction of sp³-hybridized carbons (Fsp3) is 0.143. The van der Waals surface area contributed by atoms with Crippen LogP contribution in [0.2, 0.25) is 0 Å². The Morgan fingerprint density at radius 2 is 1.87 bits per heavy atom. The van der Waals surface area contributed by atoms with E-state index in [2.05, 4.69) is 15.3 Å². The zero-order valence-corrected chi connectivity index (χ0v) is 11.6. The summed E-state index contributed by atoms with van der Waals surface area (Å²) in [6, 6.07) is 6.17. The average Bonchev–Trinajstić information content (AvgIpc) is 2.53. The van der Waals surface area contributed by atoms with Gasteiger partial charge in [-0.3, -0.25) is 14.6 Å². The first-order chi connectivity index (χ1) is 10.9. The normalized spacial score (nSPS) is 10.9. The van der Waals surface area contributed by atoms with E-state index in [1.807, 2.05) is 0 Å². The van der Waals surface area contributed by atoms with Gasteiger partial charge in [-0.1, -0.05) is 18.2 Å². The molecule has 0 saturated carbocycles. The first-order valence-corrected chi connectivity index (χ1v) is 6.38. The van der Waals surface area contributed by atoms with Crippen LogP contribution in [0.15, 0.2) is 42.9 Å². The lowest BCUT2D eigenvalue weighted by Gasteiger charge is -2.12. The molecule has 2 amide bonds. The molecule has 6 nitrogen and oxygen atoms in total. The summed E-state index contributed by atoms with van der Waals surface area (Å²) in [4.78, 5) is 30.4. The SMILES string of the molecule is O=C(Nc1ccccc1CNC(=O)C(F)(F)F)c1cnccn1. The predicted octanol–water partition coefficient (Wildman–Crippen LogP) is 1.91. The van der Waals surface area contributed by atoms with Crippen LogP contribution in [0.25, 0.3) is 0 Å². The van der Waals surface area contributed by atoms with Crippen LogP contribution in [-0.2, 0) is 11.3 Å². The summed E-state index contributed by atoms with van der Waals surface area (Å²) in [6.45, 7) is -0.380. The van der Waals surface area contributed by atoms with Crippen molar-refractivity contribution in [3.63, 3.8) is 0 Å². The number of halogens is 3.